The molecular formula is C8H13BN2O2. The summed E-state index contributed by atoms with van der Waals surface area (Å²) in [5.74, 6) is 0. The molecule has 0 saturated heterocycles. The Morgan fingerprint density at radius 1 is 1.38 bits per heavy atom. The van der Waals surface area contributed by atoms with Crippen LogP contribution in [0.4, 0.5) is 0 Å². The summed E-state index contributed by atoms with van der Waals surface area (Å²) in [6.07, 6.45) is 8.05. The molecule has 0 aliphatic heterocycles. The van der Waals surface area contributed by atoms with E-state index in [2.05, 4.69) is 5.10 Å². The maximum absolute atomic E-state index is 8.88. The number of rotatable bonds is 2. The number of hydrogen-bond acceptors (Lipinski definition) is 3. The molecule has 2 N–H and O–H groups in total. The lowest BCUT2D eigenvalue weighted by Gasteiger charge is -2.08. The van der Waals surface area contributed by atoms with Crippen molar-refractivity contribution in [3.05, 3.63) is 12.4 Å². The highest BCUT2D eigenvalue weighted by Gasteiger charge is 2.20. The molecule has 0 spiro atoms. The standard InChI is InChI=1S/C8H13BN2O2/c12-9(13)7-5-10-11(6-7)8-3-1-2-4-8/h5-6,8,12-13H,1-4H2. The van der Waals surface area contributed by atoms with Crippen LogP contribution in [0.3, 0.4) is 0 Å². The molecule has 1 aliphatic carbocycles. The molecule has 13 heavy (non-hydrogen) atoms. The van der Waals surface area contributed by atoms with Gasteiger partial charge in [-0.15, -0.1) is 0 Å². The zero-order valence-electron chi connectivity index (χ0n) is 7.43. The third-order valence-corrected chi connectivity index (χ3v) is 2.62. The van der Waals surface area contributed by atoms with Gasteiger partial charge < -0.3 is 10.0 Å². The van der Waals surface area contributed by atoms with Crippen molar-refractivity contribution >= 4 is 12.6 Å². The molecule has 0 bridgehead atoms. The summed E-state index contributed by atoms with van der Waals surface area (Å²) in [4.78, 5) is 0. The molecule has 1 aliphatic rings. The lowest BCUT2D eigenvalue weighted by atomic mass is 9.83. The molecular weight excluding hydrogens is 167 g/mol. The molecule has 0 aromatic carbocycles. The lowest BCUT2D eigenvalue weighted by molar-refractivity contribution is 0.425. The summed E-state index contributed by atoms with van der Waals surface area (Å²) in [7, 11) is -1.39. The maximum atomic E-state index is 8.88. The Morgan fingerprint density at radius 3 is 2.62 bits per heavy atom. The van der Waals surface area contributed by atoms with Crippen molar-refractivity contribution in [3.8, 4) is 0 Å². The first-order chi connectivity index (χ1) is 6.27. The van der Waals surface area contributed by atoms with E-state index in [1.54, 1.807) is 6.20 Å². The number of hydrogen-bond donors (Lipinski definition) is 2. The van der Waals surface area contributed by atoms with Gasteiger partial charge in [-0.3, -0.25) is 4.68 Å². The molecule has 1 heterocycles. The molecule has 1 aromatic heterocycles. The average molecular weight is 180 g/mol. The Labute approximate surface area is 77.3 Å². The van der Waals surface area contributed by atoms with Crippen molar-refractivity contribution < 1.29 is 10.0 Å². The normalized spacial score (nSPS) is 18.0. The van der Waals surface area contributed by atoms with Crippen molar-refractivity contribution in [2.24, 2.45) is 0 Å². The van der Waals surface area contributed by atoms with Crippen molar-refractivity contribution in [1.29, 1.82) is 0 Å². The Kier molecular flexibility index (Phi) is 2.37. The van der Waals surface area contributed by atoms with Crippen LogP contribution in [-0.2, 0) is 0 Å². The van der Waals surface area contributed by atoms with E-state index in [1.165, 1.54) is 19.0 Å². The van der Waals surface area contributed by atoms with Crippen LogP contribution < -0.4 is 5.46 Å². The predicted molar refractivity (Wildman–Crippen MR) is 49.6 cm³/mol. The van der Waals surface area contributed by atoms with E-state index in [0.717, 1.165) is 12.8 Å². The Hall–Kier alpha value is -0.805. The molecule has 1 aromatic rings. The second-order valence-corrected chi connectivity index (χ2v) is 3.57. The van der Waals surface area contributed by atoms with E-state index in [4.69, 9.17) is 10.0 Å². The smallest absolute Gasteiger partial charge is 0.423 e. The zero-order valence-corrected chi connectivity index (χ0v) is 7.43. The minimum Gasteiger partial charge on any atom is -0.423 e. The van der Waals surface area contributed by atoms with Crippen LogP contribution >= 0.6 is 0 Å². The summed E-state index contributed by atoms with van der Waals surface area (Å²) in [5.41, 5.74) is 0.479. The Bertz CT molecular complexity index is 281. The summed E-state index contributed by atoms with van der Waals surface area (Å²) >= 11 is 0. The average Bonchev–Trinajstić information content (AvgIpc) is 2.75. The Balaban J connectivity index is 2.12. The van der Waals surface area contributed by atoms with Crippen LogP contribution in [0, 0.1) is 0 Å². The van der Waals surface area contributed by atoms with Crippen molar-refractivity contribution in [2.45, 2.75) is 31.7 Å². The van der Waals surface area contributed by atoms with Gasteiger partial charge in [-0.25, -0.2) is 0 Å². The quantitative estimate of drug-likeness (QED) is 0.613. The summed E-state index contributed by atoms with van der Waals surface area (Å²) in [6.45, 7) is 0. The highest BCUT2D eigenvalue weighted by Crippen LogP contribution is 2.27. The molecule has 1 saturated carbocycles. The van der Waals surface area contributed by atoms with Crippen molar-refractivity contribution in [2.75, 3.05) is 0 Å². The van der Waals surface area contributed by atoms with E-state index in [9.17, 15) is 0 Å². The Morgan fingerprint density at radius 2 is 2.08 bits per heavy atom. The number of nitrogens with zero attached hydrogens (tertiary/aromatic N) is 2. The van der Waals surface area contributed by atoms with Gasteiger partial charge in [-0.2, -0.15) is 5.10 Å². The highest BCUT2D eigenvalue weighted by atomic mass is 16.4. The van der Waals surface area contributed by atoms with E-state index in [0.29, 0.717) is 11.5 Å². The second kappa shape index (κ2) is 3.51. The van der Waals surface area contributed by atoms with Crippen LogP contribution in [0.15, 0.2) is 12.4 Å². The molecule has 0 amide bonds. The first-order valence-corrected chi connectivity index (χ1v) is 4.67. The lowest BCUT2D eigenvalue weighted by Crippen LogP contribution is -2.28. The van der Waals surface area contributed by atoms with Gasteiger partial charge in [0.15, 0.2) is 0 Å². The fraction of sp³-hybridized carbons (Fsp3) is 0.625. The van der Waals surface area contributed by atoms with Gasteiger partial charge in [0.05, 0.1) is 6.04 Å². The van der Waals surface area contributed by atoms with Gasteiger partial charge >= 0.3 is 7.12 Å². The summed E-state index contributed by atoms with van der Waals surface area (Å²) in [5, 5.41) is 21.9. The molecule has 5 heteroatoms. The van der Waals surface area contributed by atoms with E-state index < -0.39 is 7.12 Å². The monoisotopic (exact) mass is 180 g/mol. The van der Waals surface area contributed by atoms with Gasteiger partial charge in [-0.1, -0.05) is 12.8 Å². The second-order valence-electron chi connectivity index (χ2n) is 3.57. The van der Waals surface area contributed by atoms with Crippen LogP contribution in [-0.4, -0.2) is 26.9 Å². The first kappa shape index (κ1) is 8.78. The van der Waals surface area contributed by atoms with Crippen molar-refractivity contribution in [3.63, 3.8) is 0 Å². The summed E-state index contributed by atoms with van der Waals surface area (Å²) < 4.78 is 1.85. The molecule has 0 radical (unpaired) electrons. The third-order valence-electron chi connectivity index (χ3n) is 2.62. The van der Waals surface area contributed by atoms with Gasteiger partial charge in [0, 0.05) is 17.9 Å². The van der Waals surface area contributed by atoms with Crippen molar-refractivity contribution in [1.82, 2.24) is 9.78 Å². The van der Waals surface area contributed by atoms with Gasteiger partial charge in [0.2, 0.25) is 0 Å². The SMILES string of the molecule is OB(O)c1cnn(C2CCCC2)c1. The molecule has 0 atom stereocenters. The minimum absolute atomic E-state index is 0.465. The minimum atomic E-state index is -1.39. The molecule has 2 rings (SSSR count). The van der Waals surface area contributed by atoms with Crippen LogP contribution in [0.1, 0.15) is 31.7 Å². The fourth-order valence-corrected chi connectivity index (χ4v) is 1.85. The van der Waals surface area contributed by atoms with E-state index in [-0.39, 0.29) is 0 Å². The zero-order chi connectivity index (χ0) is 9.26. The van der Waals surface area contributed by atoms with E-state index in [1.807, 2.05) is 4.68 Å². The molecule has 0 unspecified atom stereocenters. The topological polar surface area (TPSA) is 58.3 Å². The van der Waals surface area contributed by atoms with Crippen LogP contribution in [0.25, 0.3) is 0 Å². The highest BCUT2D eigenvalue weighted by molar-refractivity contribution is 6.58. The fourth-order valence-electron chi connectivity index (χ4n) is 1.85. The largest absolute Gasteiger partial charge is 0.491 e. The van der Waals surface area contributed by atoms with Gasteiger partial charge in [0.25, 0.3) is 0 Å². The summed E-state index contributed by atoms with van der Waals surface area (Å²) in [6, 6.07) is 0.465. The predicted octanol–water partition coefficient (Wildman–Crippen LogP) is -0.322. The van der Waals surface area contributed by atoms with Gasteiger partial charge in [-0.05, 0) is 12.8 Å². The number of aromatic nitrogens is 2. The first-order valence-electron chi connectivity index (χ1n) is 4.67. The molecule has 4 nitrogen and oxygen atoms in total. The molecule has 70 valence electrons. The van der Waals surface area contributed by atoms with Crippen LogP contribution in [0.2, 0.25) is 0 Å². The van der Waals surface area contributed by atoms with Crippen LogP contribution in [0.5, 0.6) is 0 Å². The molecule has 1 fully saturated rings. The maximum Gasteiger partial charge on any atom is 0.491 e. The third kappa shape index (κ3) is 1.76. The van der Waals surface area contributed by atoms with E-state index >= 15 is 0 Å². The van der Waals surface area contributed by atoms with Gasteiger partial charge in [0.1, 0.15) is 0 Å².